The summed E-state index contributed by atoms with van der Waals surface area (Å²) >= 11 is 0. The van der Waals surface area contributed by atoms with E-state index >= 15 is 0 Å². The van der Waals surface area contributed by atoms with E-state index in [-0.39, 0.29) is 0 Å². The van der Waals surface area contributed by atoms with Crippen molar-refractivity contribution in [2.45, 2.75) is 75.4 Å². The van der Waals surface area contributed by atoms with E-state index in [9.17, 15) is 8.42 Å². The smallest absolute Gasteiger partial charge is 0.268 e. The number of rotatable bonds is 13. The minimum absolute atomic E-state index is 0.298. The molecule has 206 valence electrons. The van der Waals surface area contributed by atoms with Gasteiger partial charge in [0.05, 0.1) is 10.4 Å². The van der Waals surface area contributed by atoms with Crippen molar-refractivity contribution < 1.29 is 8.42 Å². The Bertz CT molecular complexity index is 1410. The Morgan fingerprint density at radius 3 is 2.46 bits per heavy atom. The summed E-state index contributed by atoms with van der Waals surface area (Å²) in [5.41, 5.74) is 2.90. The van der Waals surface area contributed by atoms with Gasteiger partial charge in [-0.25, -0.2) is 12.4 Å². The van der Waals surface area contributed by atoms with Crippen LogP contribution in [0.15, 0.2) is 90.2 Å². The maximum absolute atomic E-state index is 13.6. The SMILES string of the molecule is O=S(=O)(c1ccccc1)n1cc(CN(CCCCCNC2CCCCC2)Cc2cccnc2)c2ccccc21. The third-order valence-corrected chi connectivity index (χ3v) is 9.46. The number of aromatic nitrogens is 2. The molecule has 0 unspecified atom stereocenters. The molecule has 5 rings (SSSR count). The van der Waals surface area contributed by atoms with E-state index in [1.54, 1.807) is 30.5 Å². The number of nitrogens with zero attached hydrogens (tertiary/aromatic N) is 3. The van der Waals surface area contributed by atoms with Crippen LogP contribution in [0.1, 0.15) is 62.5 Å². The van der Waals surface area contributed by atoms with Crippen molar-refractivity contribution in [1.82, 2.24) is 19.2 Å². The predicted molar refractivity (Wildman–Crippen MR) is 158 cm³/mol. The topological polar surface area (TPSA) is 67.2 Å². The van der Waals surface area contributed by atoms with Gasteiger partial charge in [-0.3, -0.25) is 9.88 Å². The van der Waals surface area contributed by atoms with Crippen molar-refractivity contribution in [3.05, 3.63) is 96.4 Å². The molecule has 0 atom stereocenters. The van der Waals surface area contributed by atoms with Crippen LogP contribution in [0.25, 0.3) is 10.9 Å². The molecule has 0 radical (unpaired) electrons. The second-order valence-electron chi connectivity index (χ2n) is 10.7. The first-order chi connectivity index (χ1) is 19.1. The monoisotopic (exact) mass is 544 g/mol. The lowest BCUT2D eigenvalue weighted by molar-refractivity contribution is 0.250. The number of para-hydroxylation sites is 1. The molecule has 39 heavy (non-hydrogen) atoms. The predicted octanol–water partition coefficient (Wildman–Crippen LogP) is 6.37. The molecule has 6 nitrogen and oxygen atoms in total. The molecule has 7 heteroatoms. The van der Waals surface area contributed by atoms with Crippen molar-refractivity contribution in [3.8, 4) is 0 Å². The van der Waals surface area contributed by atoms with E-state index in [0.717, 1.165) is 42.6 Å². The zero-order chi connectivity index (χ0) is 26.9. The highest BCUT2D eigenvalue weighted by molar-refractivity contribution is 7.90. The molecule has 1 saturated carbocycles. The van der Waals surface area contributed by atoms with Crippen LogP contribution < -0.4 is 5.32 Å². The van der Waals surface area contributed by atoms with Gasteiger partial charge in [0, 0.05) is 43.1 Å². The second-order valence-corrected chi connectivity index (χ2v) is 12.5. The zero-order valence-electron chi connectivity index (χ0n) is 22.7. The lowest BCUT2D eigenvalue weighted by atomic mass is 9.95. The van der Waals surface area contributed by atoms with E-state index in [1.165, 1.54) is 48.9 Å². The van der Waals surface area contributed by atoms with E-state index in [1.807, 2.05) is 48.8 Å². The summed E-state index contributed by atoms with van der Waals surface area (Å²) < 4.78 is 28.6. The molecule has 4 aromatic rings. The van der Waals surface area contributed by atoms with Crippen LogP contribution in [-0.2, 0) is 23.1 Å². The lowest BCUT2D eigenvalue weighted by Crippen LogP contribution is -2.31. The van der Waals surface area contributed by atoms with Crippen molar-refractivity contribution in [2.24, 2.45) is 0 Å². The molecule has 1 aliphatic rings. The number of unbranched alkanes of at least 4 members (excludes halogenated alkanes) is 2. The zero-order valence-corrected chi connectivity index (χ0v) is 23.5. The molecule has 0 spiro atoms. The highest BCUT2D eigenvalue weighted by Gasteiger charge is 2.22. The second kappa shape index (κ2) is 13.4. The summed E-state index contributed by atoms with van der Waals surface area (Å²) in [5, 5.41) is 4.74. The van der Waals surface area contributed by atoms with E-state index in [0.29, 0.717) is 23.0 Å². The molecular formula is C32H40N4O2S. The van der Waals surface area contributed by atoms with Crippen molar-refractivity contribution in [1.29, 1.82) is 0 Å². The Kier molecular flexibility index (Phi) is 9.45. The summed E-state index contributed by atoms with van der Waals surface area (Å²) in [4.78, 5) is 7.03. The number of nitrogens with one attached hydrogen (secondary N) is 1. The molecule has 1 aliphatic carbocycles. The van der Waals surface area contributed by atoms with Crippen molar-refractivity contribution in [3.63, 3.8) is 0 Å². The number of fused-ring (bicyclic) bond motifs is 1. The van der Waals surface area contributed by atoms with E-state index < -0.39 is 10.0 Å². The fourth-order valence-corrected chi connectivity index (χ4v) is 7.12. The molecule has 1 fully saturated rings. The summed E-state index contributed by atoms with van der Waals surface area (Å²) in [6, 6.07) is 21.3. The molecular weight excluding hydrogens is 504 g/mol. The number of pyridine rings is 1. The average Bonchev–Trinajstić information content (AvgIpc) is 3.35. The van der Waals surface area contributed by atoms with Crippen molar-refractivity contribution >= 4 is 20.9 Å². The Labute approximate surface area is 233 Å². The van der Waals surface area contributed by atoms with Gasteiger partial charge in [0.25, 0.3) is 10.0 Å². The van der Waals surface area contributed by atoms with Gasteiger partial charge in [-0.2, -0.15) is 0 Å². The van der Waals surface area contributed by atoms with Gasteiger partial charge in [0.1, 0.15) is 0 Å². The van der Waals surface area contributed by atoms with Gasteiger partial charge in [0.2, 0.25) is 0 Å². The van der Waals surface area contributed by atoms with Crippen LogP contribution in [0.4, 0.5) is 0 Å². The third kappa shape index (κ3) is 7.15. The standard InChI is InChI=1S/C32H40N4O2S/c37-39(38,30-16-6-2-7-17-30)36-26-28(31-18-8-9-19-32(31)36)25-35(24-27-13-12-20-33-23-27)22-11-3-10-21-34-29-14-4-1-5-15-29/h2,6-9,12-13,16-20,23,26,29,34H,1,3-5,10-11,14-15,21-22,24-25H2. The van der Waals surface area contributed by atoms with E-state index in [4.69, 9.17) is 0 Å². The highest BCUT2D eigenvalue weighted by Crippen LogP contribution is 2.27. The summed E-state index contributed by atoms with van der Waals surface area (Å²) in [6.07, 6.45) is 15.8. The van der Waals surface area contributed by atoms with E-state index in [2.05, 4.69) is 21.3 Å². The molecule has 2 aromatic carbocycles. The Hall–Kier alpha value is -3.00. The van der Waals surface area contributed by atoms with Gasteiger partial charge >= 0.3 is 0 Å². The Morgan fingerprint density at radius 1 is 0.872 bits per heavy atom. The number of hydrogen-bond acceptors (Lipinski definition) is 5. The van der Waals surface area contributed by atoms with Crippen LogP contribution in [0, 0.1) is 0 Å². The molecule has 1 N–H and O–H groups in total. The largest absolute Gasteiger partial charge is 0.314 e. The molecule has 0 bridgehead atoms. The first-order valence-corrected chi connectivity index (χ1v) is 15.8. The first kappa shape index (κ1) is 27.6. The summed E-state index contributed by atoms with van der Waals surface area (Å²) in [7, 11) is -3.69. The van der Waals surface area contributed by atoms with Crippen LogP contribution in [0.5, 0.6) is 0 Å². The fourth-order valence-electron chi connectivity index (χ4n) is 5.70. The van der Waals surface area contributed by atoms with Crippen LogP contribution >= 0.6 is 0 Å². The quantitative estimate of drug-likeness (QED) is 0.198. The molecule has 2 aromatic heterocycles. The number of benzene rings is 2. The maximum Gasteiger partial charge on any atom is 0.268 e. The Balaban J connectivity index is 1.30. The average molecular weight is 545 g/mol. The van der Waals surface area contributed by atoms with Gasteiger partial charge < -0.3 is 5.32 Å². The van der Waals surface area contributed by atoms with Crippen LogP contribution in [0.2, 0.25) is 0 Å². The highest BCUT2D eigenvalue weighted by atomic mass is 32.2. The number of hydrogen-bond donors (Lipinski definition) is 1. The third-order valence-electron chi connectivity index (χ3n) is 7.77. The lowest BCUT2D eigenvalue weighted by Gasteiger charge is -2.23. The fraction of sp³-hybridized carbons (Fsp3) is 0.406. The summed E-state index contributed by atoms with van der Waals surface area (Å²) in [5.74, 6) is 0. The van der Waals surface area contributed by atoms with Crippen LogP contribution in [0.3, 0.4) is 0 Å². The molecule has 0 saturated heterocycles. The molecule has 0 aliphatic heterocycles. The van der Waals surface area contributed by atoms with Crippen molar-refractivity contribution in [2.75, 3.05) is 13.1 Å². The molecule has 2 heterocycles. The maximum atomic E-state index is 13.6. The van der Waals surface area contributed by atoms with Gasteiger partial charge in [0.15, 0.2) is 0 Å². The minimum Gasteiger partial charge on any atom is -0.314 e. The van der Waals surface area contributed by atoms with Crippen LogP contribution in [-0.4, -0.2) is 41.4 Å². The first-order valence-electron chi connectivity index (χ1n) is 14.4. The van der Waals surface area contributed by atoms with Gasteiger partial charge in [-0.05, 0) is 74.2 Å². The van der Waals surface area contributed by atoms with Gasteiger partial charge in [-0.1, -0.05) is 68.1 Å². The Morgan fingerprint density at radius 2 is 1.67 bits per heavy atom. The minimum atomic E-state index is -3.69. The molecule has 0 amide bonds. The normalized spacial score (nSPS) is 14.8. The summed E-state index contributed by atoms with van der Waals surface area (Å²) in [6.45, 7) is 3.49. The van der Waals surface area contributed by atoms with Gasteiger partial charge in [-0.15, -0.1) is 0 Å².